The van der Waals surface area contributed by atoms with Gasteiger partial charge in [0.1, 0.15) is 11.1 Å². The number of hydrogen-bond acceptors (Lipinski definition) is 4. The first-order chi connectivity index (χ1) is 8.58. The topological polar surface area (TPSA) is 70.0 Å². The van der Waals surface area contributed by atoms with Gasteiger partial charge in [-0.15, -0.1) is 11.3 Å². The number of rotatable bonds is 5. The number of aldehydes is 1. The van der Waals surface area contributed by atoms with Crippen molar-refractivity contribution in [2.75, 3.05) is 5.32 Å². The maximum absolute atomic E-state index is 11.9. The lowest BCUT2D eigenvalue weighted by molar-refractivity contribution is -0.120. The molecular weight excluding hydrogens is 248 g/mol. The molecule has 5 heteroatoms. The van der Waals surface area contributed by atoms with Crippen molar-refractivity contribution in [1.82, 2.24) is 0 Å². The number of anilines is 1. The molecule has 1 rings (SSSR count). The van der Waals surface area contributed by atoms with Crippen LogP contribution in [0.5, 0.6) is 0 Å². The zero-order valence-corrected chi connectivity index (χ0v) is 11.6. The summed E-state index contributed by atoms with van der Waals surface area (Å²) in [7, 11) is 0. The van der Waals surface area contributed by atoms with Gasteiger partial charge in [0.25, 0.3) is 0 Å². The van der Waals surface area contributed by atoms with Crippen LogP contribution in [-0.4, -0.2) is 12.2 Å². The Balaban J connectivity index is 3.01. The second-order valence-electron chi connectivity index (χ2n) is 4.03. The summed E-state index contributed by atoms with van der Waals surface area (Å²) in [6, 6.07) is 2.04. The number of amides is 1. The van der Waals surface area contributed by atoms with Crippen LogP contribution in [0.2, 0.25) is 0 Å². The van der Waals surface area contributed by atoms with Gasteiger partial charge in [0.05, 0.1) is 10.4 Å². The quantitative estimate of drug-likeness (QED) is 0.831. The van der Waals surface area contributed by atoms with Crippen molar-refractivity contribution in [3.05, 3.63) is 16.0 Å². The van der Waals surface area contributed by atoms with Gasteiger partial charge in [-0.05, 0) is 25.3 Å². The van der Waals surface area contributed by atoms with E-state index < -0.39 is 0 Å². The van der Waals surface area contributed by atoms with E-state index >= 15 is 0 Å². The summed E-state index contributed by atoms with van der Waals surface area (Å²) in [6.45, 7) is 5.62. The first kappa shape index (κ1) is 14.4. The van der Waals surface area contributed by atoms with E-state index in [-0.39, 0.29) is 11.8 Å². The molecule has 96 valence electrons. The number of thiophene rings is 1. The third kappa shape index (κ3) is 2.77. The lowest BCUT2D eigenvalue weighted by Gasteiger charge is -2.11. The third-order valence-electron chi connectivity index (χ3n) is 3.00. The van der Waals surface area contributed by atoms with E-state index in [0.29, 0.717) is 27.3 Å². The van der Waals surface area contributed by atoms with Crippen molar-refractivity contribution in [1.29, 1.82) is 5.26 Å². The highest BCUT2D eigenvalue weighted by atomic mass is 32.1. The summed E-state index contributed by atoms with van der Waals surface area (Å²) < 4.78 is 0. The van der Waals surface area contributed by atoms with Gasteiger partial charge in [-0.3, -0.25) is 9.59 Å². The van der Waals surface area contributed by atoms with Crippen LogP contribution in [0.25, 0.3) is 0 Å². The van der Waals surface area contributed by atoms with Crippen LogP contribution in [0.4, 0.5) is 5.00 Å². The van der Waals surface area contributed by atoms with E-state index in [1.807, 2.05) is 19.9 Å². The van der Waals surface area contributed by atoms with Gasteiger partial charge < -0.3 is 5.32 Å². The molecule has 0 aliphatic carbocycles. The highest BCUT2D eigenvalue weighted by molar-refractivity contribution is 7.18. The summed E-state index contributed by atoms with van der Waals surface area (Å²) in [5, 5.41) is 12.3. The Kier molecular flexibility index (Phi) is 5.05. The predicted octanol–water partition coefficient (Wildman–Crippen LogP) is 3.12. The molecule has 1 N–H and O–H groups in total. The molecule has 0 bridgehead atoms. The Morgan fingerprint density at radius 3 is 2.56 bits per heavy atom. The van der Waals surface area contributed by atoms with Crippen LogP contribution in [0.1, 0.15) is 47.5 Å². The lowest BCUT2D eigenvalue weighted by Crippen LogP contribution is -2.21. The molecule has 0 saturated carbocycles. The summed E-state index contributed by atoms with van der Waals surface area (Å²) in [5.74, 6) is -0.145. The largest absolute Gasteiger partial charge is 0.316 e. The van der Waals surface area contributed by atoms with Crippen molar-refractivity contribution >= 4 is 28.5 Å². The zero-order chi connectivity index (χ0) is 13.7. The molecule has 1 aromatic rings. The first-order valence-electron chi connectivity index (χ1n) is 5.88. The Morgan fingerprint density at radius 1 is 1.50 bits per heavy atom. The SMILES string of the molecule is CCC(CC)C(=O)Nc1sc(C=O)c(C)c1C#N. The van der Waals surface area contributed by atoms with E-state index in [0.717, 1.165) is 24.2 Å². The average molecular weight is 264 g/mol. The Hall–Kier alpha value is -1.67. The molecule has 0 spiro atoms. The number of carbonyl (C=O) groups excluding carboxylic acids is 2. The molecule has 1 heterocycles. The second-order valence-corrected chi connectivity index (χ2v) is 5.08. The molecular formula is C13H16N2O2S. The van der Waals surface area contributed by atoms with Crippen molar-refractivity contribution in [2.45, 2.75) is 33.6 Å². The summed E-state index contributed by atoms with van der Waals surface area (Å²) >= 11 is 1.15. The second kappa shape index (κ2) is 6.31. The molecule has 1 amide bonds. The molecule has 0 fully saturated rings. The molecule has 4 nitrogen and oxygen atoms in total. The van der Waals surface area contributed by atoms with Crippen molar-refractivity contribution in [3.63, 3.8) is 0 Å². The highest BCUT2D eigenvalue weighted by Gasteiger charge is 2.19. The Morgan fingerprint density at radius 2 is 2.11 bits per heavy atom. The van der Waals surface area contributed by atoms with Gasteiger partial charge in [-0.25, -0.2) is 0 Å². The molecule has 0 radical (unpaired) electrons. The maximum Gasteiger partial charge on any atom is 0.228 e. The summed E-state index contributed by atoms with van der Waals surface area (Å²) in [6.07, 6.45) is 2.23. The highest BCUT2D eigenvalue weighted by Crippen LogP contribution is 2.31. The number of nitrogens with one attached hydrogen (secondary N) is 1. The summed E-state index contributed by atoms with van der Waals surface area (Å²) in [4.78, 5) is 23.3. The molecule has 0 saturated heterocycles. The van der Waals surface area contributed by atoms with Gasteiger partial charge in [0.2, 0.25) is 5.91 Å². The minimum absolute atomic E-state index is 0.0568. The monoisotopic (exact) mass is 264 g/mol. The molecule has 0 aromatic carbocycles. The van der Waals surface area contributed by atoms with E-state index in [4.69, 9.17) is 5.26 Å². The van der Waals surface area contributed by atoms with Gasteiger partial charge in [0, 0.05) is 5.92 Å². The van der Waals surface area contributed by atoms with Gasteiger partial charge in [-0.1, -0.05) is 13.8 Å². The standard InChI is InChI=1S/C13H16N2O2S/c1-4-9(5-2)12(17)15-13-10(6-14)8(3)11(7-16)18-13/h7,9H,4-5H2,1-3H3,(H,15,17). The zero-order valence-electron chi connectivity index (χ0n) is 10.7. The molecule has 0 aliphatic heterocycles. The smallest absolute Gasteiger partial charge is 0.228 e. The van der Waals surface area contributed by atoms with E-state index in [2.05, 4.69) is 5.32 Å². The Labute approximate surface area is 111 Å². The van der Waals surface area contributed by atoms with Crippen molar-refractivity contribution in [3.8, 4) is 6.07 Å². The fourth-order valence-corrected chi connectivity index (χ4v) is 2.72. The first-order valence-corrected chi connectivity index (χ1v) is 6.70. The van der Waals surface area contributed by atoms with Crippen LogP contribution in [-0.2, 0) is 4.79 Å². The molecule has 18 heavy (non-hydrogen) atoms. The molecule has 0 aliphatic rings. The number of nitriles is 1. The molecule has 1 aromatic heterocycles. The molecule has 0 atom stereocenters. The predicted molar refractivity (Wildman–Crippen MR) is 71.9 cm³/mol. The van der Waals surface area contributed by atoms with Crippen LogP contribution < -0.4 is 5.32 Å². The third-order valence-corrected chi connectivity index (χ3v) is 4.13. The minimum atomic E-state index is -0.0878. The molecule has 0 unspecified atom stereocenters. The number of nitrogens with zero attached hydrogens (tertiary/aromatic N) is 1. The maximum atomic E-state index is 11.9. The van der Waals surface area contributed by atoms with E-state index in [1.165, 1.54) is 0 Å². The minimum Gasteiger partial charge on any atom is -0.316 e. The van der Waals surface area contributed by atoms with Gasteiger partial charge in [0.15, 0.2) is 6.29 Å². The average Bonchev–Trinajstić information content (AvgIpc) is 2.66. The van der Waals surface area contributed by atoms with Gasteiger partial charge in [-0.2, -0.15) is 5.26 Å². The van der Waals surface area contributed by atoms with Crippen molar-refractivity contribution in [2.24, 2.45) is 5.92 Å². The number of hydrogen-bond donors (Lipinski definition) is 1. The fraction of sp³-hybridized carbons (Fsp3) is 0.462. The summed E-state index contributed by atoms with van der Waals surface area (Å²) in [5.41, 5.74) is 1.03. The van der Waals surface area contributed by atoms with Crippen LogP contribution in [0.3, 0.4) is 0 Å². The van der Waals surface area contributed by atoms with Crippen LogP contribution >= 0.6 is 11.3 Å². The van der Waals surface area contributed by atoms with E-state index in [1.54, 1.807) is 6.92 Å². The number of carbonyl (C=O) groups is 2. The van der Waals surface area contributed by atoms with Crippen LogP contribution in [0.15, 0.2) is 0 Å². The lowest BCUT2D eigenvalue weighted by atomic mass is 10.0. The van der Waals surface area contributed by atoms with Gasteiger partial charge >= 0.3 is 0 Å². The normalized spacial score (nSPS) is 10.2. The Bertz CT molecular complexity index is 496. The van der Waals surface area contributed by atoms with Crippen molar-refractivity contribution < 1.29 is 9.59 Å². The van der Waals surface area contributed by atoms with E-state index in [9.17, 15) is 9.59 Å². The van der Waals surface area contributed by atoms with Crippen LogP contribution in [0, 0.1) is 24.2 Å². The fourth-order valence-electron chi connectivity index (χ4n) is 1.74.